The van der Waals surface area contributed by atoms with E-state index in [1.165, 1.54) is 55.3 Å². The molecule has 0 radical (unpaired) electrons. The van der Waals surface area contributed by atoms with E-state index in [4.69, 9.17) is 4.42 Å². The summed E-state index contributed by atoms with van der Waals surface area (Å²) in [4.78, 5) is 2.52. The summed E-state index contributed by atoms with van der Waals surface area (Å²) in [6, 6.07) is 71.4. The van der Waals surface area contributed by atoms with E-state index in [-0.39, 0.29) is 10.8 Å². The number of furan rings is 1. The molecule has 2 heteroatoms. The lowest BCUT2D eigenvalue weighted by molar-refractivity contribution is 0.590. The zero-order valence-electron chi connectivity index (χ0n) is 35.3. The molecule has 0 N–H and O–H groups in total. The van der Waals surface area contributed by atoms with Crippen molar-refractivity contribution in [3.63, 3.8) is 0 Å². The van der Waals surface area contributed by atoms with E-state index in [9.17, 15) is 0 Å². The molecule has 61 heavy (non-hydrogen) atoms. The Morgan fingerprint density at radius 3 is 1.92 bits per heavy atom. The molecule has 0 amide bonds. The molecule has 1 heterocycles. The van der Waals surface area contributed by atoms with Crippen LogP contribution in [0.1, 0.15) is 51.3 Å². The Morgan fingerprint density at radius 1 is 0.443 bits per heavy atom. The van der Waals surface area contributed by atoms with Gasteiger partial charge in [0.2, 0.25) is 0 Å². The van der Waals surface area contributed by atoms with Crippen LogP contribution in [0.2, 0.25) is 0 Å². The number of nitrogens with zero attached hydrogens (tertiary/aromatic N) is 1. The van der Waals surface area contributed by atoms with Gasteiger partial charge in [0, 0.05) is 33.0 Å². The molecule has 0 atom stereocenters. The maximum atomic E-state index is 6.54. The molecule has 0 bridgehead atoms. The van der Waals surface area contributed by atoms with Gasteiger partial charge >= 0.3 is 0 Å². The number of benzene rings is 9. The van der Waals surface area contributed by atoms with Crippen LogP contribution < -0.4 is 4.90 Å². The third kappa shape index (κ3) is 6.00. The van der Waals surface area contributed by atoms with E-state index in [0.29, 0.717) is 0 Å². The minimum absolute atomic E-state index is 0.0779. The Morgan fingerprint density at radius 2 is 1.10 bits per heavy atom. The van der Waals surface area contributed by atoms with Crippen LogP contribution in [0, 0.1) is 0 Å². The van der Waals surface area contributed by atoms with Crippen LogP contribution in [0.25, 0.3) is 77.2 Å². The second-order valence-corrected chi connectivity index (χ2v) is 18.1. The minimum Gasteiger partial charge on any atom is -0.456 e. The lowest BCUT2D eigenvalue weighted by Gasteiger charge is -2.32. The molecule has 0 unspecified atom stereocenters. The fourth-order valence-electron chi connectivity index (χ4n) is 9.87. The molecule has 0 saturated carbocycles. The first kappa shape index (κ1) is 36.9. The Labute approximate surface area is 358 Å². The number of hydrogen-bond donors (Lipinski definition) is 0. The van der Waals surface area contributed by atoms with Gasteiger partial charge in [-0.3, -0.25) is 0 Å². The van der Waals surface area contributed by atoms with E-state index in [1.807, 2.05) is 0 Å². The van der Waals surface area contributed by atoms with E-state index >= 15 is 0 Å². The Bertz CT molecular complexity index is 3310. The molecule has 9 aromatic carbocycles. The monoisotopic (exact) mass is 785 g/mol. The summed E-state index contributed by atoms with van der Waals surface area (Å²) in [5.74, 6) is 0. The highest BCUT2D eigenvalue weighted by atomic mass is 16.3. The summed E-state index contributed by atoms with van der Waals surface area (Å²) < 4.78 is 6.54. The maximum absolute atomic E-state index is 6.54. The van der Waals surface area contributed by atoms with Gasteiger partial charge in [-0.25, -0.2) is 0 Å². The molecule has 1 aromatic heterocycles. The summed E-state index contributed by atoms with van der Waals surface area (Å²) in [5.41, 5.74) is 18.7. The standard InChI is InChI=1S/C59H47NO/c1-58(2,3)42-30-26-38(27-31-42)41-29-34-52(49(36-41)39-16-7-6-8-17-39)60(43-32-33-46-45-20-11-13-23-50(45)59(4,5)51(46)37-43)53-35-28-40-18-9-10-19-44(40)56(53)48-22-15-25-55-57(48)47-21-12-14-24-54(47)61-55/h6-37H,1-5H3. The second kappa shape index (κ2) is 14.0. The van der Waals surface area contributed by atoms with Crippen molar-refractivity contribution in [2.75, 3.05) is 4.90 Å². The molecule has 11 rings (SSSR count). The van der Waals surface area contributed by atoms with Crippen molar-refractivity contribution in [2.24, 2.45) is 0 Å². The predicted molar refractivity (Wildman–Crippen MR) is 258 cm³/mol. The first-order valence-electron chi connectivity index (χ1n) is 21.4. The van der Waals surface area contributed by atoms with Gasteiger partial charge in [0.15, 0.2) is 0 Å². The van der Waals surface area contributed by atoms with Gasteiger partial charge < -0.3 is 9.32 Å². The lowest BCUT2D eigenvalue weighted by Crippen LogP contribution is -2.17. The van der Waals surface area contributed by atoms with Crippen molar-refractivity contribution in [3.8, 4) is 44.5 Å². The summed E-state index contributed by atoms with van der Waals surface area (Å²) in [5, 5.41) is 4.61. The average molecular weight is 786 g/mol. The molecule has 294 valence electrons. The van der Waals surface area contributed by atoms with Gasteiger partial charge in [-0.05, 0) is 109 Å². The van der Waals surface area contributed by atoms with Crippen LogP contribution in [0.4, 0.5) is 17.1 Å². The average Bonchev–Trinajstić information content (AvgIpc) is 3.78. The fourth-order valence-corrected chi connectivity index (χ4v) is 9.87. The Hall–Kier alpha value is -7.16. The third-order valence-electron chi connectivity index (χ3n) is 13.1. The SMILES string of the molecule is CC(C)(C)c1ccc(-c2ccc(N(c3ccc4c(c3)C(C)(C)c3ccccc3-4)c3ccc4ccccc4c3-c3cccc4oc5ccccc5c34)c(-c3ccccc3)c2)cc1. The molecule has 1 aliphatic carbocycles. The van der Waals surface area contributed by atoms with Crippen LogP contribution >= 0.6 is 0 Å². The topological polar surface area (TPSA) is 16.4 Å². The van der Waals surface area contributed by atoms with Crippen molar-refractivity contribution >= 4 is 49.8 Å². The highest BCUT2D eigenvalue weighted by Gasteiger charge is 2.36. The normalized spacial score (nSPS) is 13.1. The minimum atomic E-state index is -0.174. The van der Waals surface area contributed by atoms with Crippen molar-refractivity contribution < 1.29 is 4.42 Å². The largest absolute Gasteiger partial charge is 0.456 e. The quantitative estimate of drug-likeness (QED) is 0.167. The zero-order chi connectivity index (χ0) is 41.5. The van der Waals surface area contributed by atoms with E-state index < -0.39 is 0 Å². The molecule has 10 aromatic rings. The fraction of sp³-hybridized carbons (Fsp3) is 0.119. The molecule has 0 spiro atoms. The van der Waals surface area contributed by atoms with Gasteiger partial charge in [-0.1, -0.05) is 186 Å². The van der Waals surface area contributed by atoms with Gasteiger partial charge in [-0.2, -0.15) is 0 Å². The number of rotatable bonds is 6. The number of fused-ring (bicyclic) bond motifs is 7. The van der Waals surface area contributed by atoms with Crippen LogP contribution in [0.5, 0.6) is 0 Å². The number of para-hydroxylation sites is 1. The molecule has 0 fully saturated rings. The third-order valence-corrected chi connectivity index (χ3v) is 13.1. The molecule has 0 aliphatic heterocycles. The van der Waals surface area contributed by atoms with Crippen LogP contribution in [-0.4, -0.2) is 0 Å². The highest BCUT2D eigenvalue weighted by molar-refractivity contribution is 6.18. The summed E-state index contributed by atoms with van der Waals surface area (Å²) in [7, 11) is 0. The first-order chi connectivity index (χ1) is 29.6. The van der Waals surface area contributed by atoms with Crippen molar-refractivity contribution in [1.82, 2.24) is 0 Å². The van der Waals surface area contributed by atoms with Gasteiger partial charge in [0.05, 0.1) is 11.4 Å². The molecular weight excluding hydrogens is 739 g/mol. The Kier molecular flexibility index (Phi) is 8.44. The van der Waals surface area contributed by atoms with Crippen LogP contribution in [0.15, 0.2) is 199 Å². The second-order valence-electron chi connectivity index (χ2n) is 18.1. The number of anilines is 3. The van der Waals surface area contributed by atoms with Gasteiger partial charge in [-0.15, -0.1) is 0 Å². The number of hydrogen-bond acceptors (Lipinski definition) is 2. The van der Waals surface area contributed by atoms with E-state index in [0.717, 1.165) is 55.7 Å². The zero-order valence-corrected chi connectivity index (χ0v) is 35.3. The molecule has 1 aliphatic rings. The summed E-state index contributed by atoms with van der Waals surface area (Å²) >= 11 is 0. The van der Waals surface area contributed by atoms with E-state index in [2.05, 4.69) is 234 Å². The van der Waals surface area contributed by atoms with Gasteiger partial charge in [0.25, 0.3) is 0 Å². The van der Waals surface area contributed by atoms with Crippen LogP contribution in [-0.2, 0) is 10.8 Å². The lowest BCUT2D eigenvalue weighted by atomic mass is 9.82. The predicted octanol–water partition coefficient (Wildman–Crippen LogP) is 16.8. The molecule has 2 nitrogen and oxygen atoms in total. The van der Waals surface area contributed by atoms with Crippen molar-refractivity contribution in [3.05, 3.63) is 211 Å². The van der Waals surface area contributed by atoms with Crippen molar-refractivity contribution in [2.45, 2.75) is 45.4 Å². The molecule has 0 saturated heterocycles. The smallest absolute Gasteiger partial charge is 0.136 e. The maximum Gasteiger partial charge on any atom is 0.136 e. The summed E-state index contributed by atoms with van der Waals surface area (Å²) in [6.07, 6.45) is 0. The van der Waals surface area contributed by atoms with Crippen LogP contribution in [0.3, 0.4) is 0 Å². The Balaban J connectivity index is 1.22. The first-order valence-corrected chi connectivity index (χ1v) is 21.4. The van der Waals surface area contributed by atoms with Gasteiger partial charge in [0.1, 0.15) is 11.2 Å². The summed E-state index contributed by atoms with van der Waals surface area (Å²) in [6.45, 7) is 11.6. The van der Waals surface area contributed by atoms with E-state index in [1.54, 1.807) is 0 Å². The van der Waals surface area contributed by atoms with Crippen molar-refractivity contribution in [1.29, 1.82) is 0 Å². The molecular formula is C59H47NO. The highest BCUT2D eigenvalue weighted by Crippen LogP contribution is 2.54.